The van der Waals surface area contributed by atoms with E-state index >= 15 is 4.39 Å². The number of hydrogen-bond acceptors (Lipinski definition) is 3. The van der Waals surface area contributed by atoms with E-state index in [9.17, 15) is 36.3 Å². The van der Waals surface area contributed by atoms with Crippen molar-refractivity contribution in [3.8, 4) is 0 Å². The topological polar surface area (TPSA) is 87.3 Å². The molecule has 6 nitrogen and oxygen atoms in total. The average molecular weight is 746 g/mol. The number of nitrogens with one attached hydrogen (secondary N) is 3. The van der Waals surface area contributed by atoms with Gasteiger partial charge in [-0.2, -0.15) is 13.2 Å². The van der Waals surface area contributed by atoms with Gasteiger partial charge in [0.25, 0.3) is 5.91 Å². The Hall–Kier alpha value is -3.00. The third-order valence-corrected chi connectivity index (χ3v) is 8.22. The van der Waals surface area contributed by atoms with Crippen LogP contribution in [0.3, 0.4) is 0 Å². The van der Waals surface area contributed by atoms with Crippen LogP contribution in [0.2, 0.25) is 5.02 Å². The lowest BCUT2D eigenvalue weighted by Gasteiger charge is -2.18. The Morgan fingerprint density at radius 1 is 0.886 bits per heavy atom. The Morgan fingerprint density at radius 3 is 2.14 bits per heavy atom. The van der Waals surface area contributed by atoms with Crippen LogP contribution >= 0.6 is 50.7 Å². The summed E-state index contributed by atoms with van der Waals surface area (Å²) in [6.45, 7) is 2.90. The van der Waals surface area contributed by atoms with Gasteiger partial charge in [0.15, 0.2) is 5.82 Å². The second-order valence-corrected chi connectivity index (χ2v) is 14.0. The monoisotopic (exact) mass is 743 g/mol. The Kier molecular flexibility index (Phi) is 9.29. The zero-order chi connectivity index (χ0) is 32.9. The fraction of sp³-hybridized carbons (Fsp3) is 0.250. The number of halogens is 10. The number of hydrogen-bond donors (Lipinski definition) is 3. The van der Waals surface area contributed by atoms with Gasteiger partial charge in [-0.3, -0.25) is 14.4 Å². The quantitative estimate of drug-likeness (QED) is 0.167. The van der Waals surface area contributed by atoms with E-state index < -0.39 is 78.8 Å². The van der Waals surface area contributed by atoms with Crippen molar-refractivity contribution in [1.29, 1.82) is 0 Å². The number of alkyl halides is 6. The molecule has 3 aromatic rings. The van der Waals surface area contributed by atoms with Gasteiger partial charge < -0.3 is 16.0 Å². The first-order valence-electron chi connectivity index (χ1n) is 12.4. The highest BCUT2D eigenvalue weighted by Crippen LogP contribution is 2.65. The van der Waals surface area contributed by atoms with Crippen LogP contribution in [0.1, 0.15) is 41.3 Å². The molecular weight excluding hydrogens is 727 g/mol. The normalized spacial score (nSPS) is 17.5. The average Bonchev–Trinajstić information content (AvgIpc) is 3.49. The maximum Gasteiger partial charge on any atom is 0.419 e. The van der Waals surface area contributed by atoms with E-state index in [2.05, 4.69) is 31.9 Å². The molecule has 1 saturated carbocycles. The molecule has 0 unspecified atom stereocenters. The second-order valence-electron chi connectivity index (χ2n) is 10.2. The molecule has 16 heteroatoms. The van der Waals surface area contributed by atoms with Crippen LogP contribution in [0, 0.1) is 23.4 Å². The van der Waals surface area contributed by atoms with Crippen molar-refractivity contribution in [1.82, 2.24) is 0 Å². The molecule has 0 saturated heterocycles. The van der Waals surface area contributed by atoms with Crippen LogP contribution in [0.15, 0.2) is 48.5 Å². The summed E-state index contributed by atoms with van der Waals surface area (Å²) in [5, 5.41) is 6.65. The van der Waals surface area contributed by atoms with Gasteiger partial charge in [0.05, 0.1) is 32.1 Å². The number of amides is 3. The van der Waals surface area contributed by atoms with E-state index in [1.165, 1.54) is 26.0 Å². The lowest BCUT2D eigenvalue weighted by Crippen LogP contribution is -2.31. The first-order valence-corrected chi connectivity index (χ1v) is 14.3. The maximum atomic E-state index is 15.1. The molecular formula is C28H19BrCl3F6N3O3. The fourth-order valence-electron chi connectivity index (χ4n) is 4.23. The molecule has 3 aromatic carbocycles. The van der Waals surface area contributed by atoms with Gasteiger partial charge >= 0.3 is 6.18 Å². The molecule has 3 N–H and O–H groups in total. The molecule has 0 radical (unpaired) electrons. The second kappa shape index (κ2) is 12.1. The Labute approximate surface area is 269 Å². The smallest absolute Gasteiger partial charge is 0.326 e. The highest BCUT2D eigenvalue weighted by molar-refractivity contribution is 9.10. The molecule has 4 rings (SSSR count). The molecule has 234 valence electrons. The molecule has 0 bridgehead atoms. The highest BCUT2D eigenvalue weighted by Gasteiger charge is 2.67. The first-order chi connectivity index (χ1) is 20.2. The zero-order valence-electron chi connectivity index (χ0n) is 22.3. The van der Waals surface area contributed by atoms with Crippen molar-refractivity contribution in [3.05, 3.63) is 87.7 Å². The number of rotatable bonds is 7. The molecule has 0 heterocycles. The molecule has 3 amide bonds. The summed E-state index contributed by atoms with van der Waals surface area (Å²) in [5.74, 6) is -8.82. The van der Waals surface area contributed by atoms with Crippen LogP contribution in [0.25, 0.3) is 0 Å². The minimum absolute atomic E-state index is 0.0125. The zero-order valence-corrected chi connectivity index (χ0v) is 26.1. The summed E-state index contributed by atoms with van der Waals surface area (Å²) in [6.07, 6.45) is -4.99. The molecule has 0 aromatic heterocycles. The van der Waals surface area contributed by atoms with E-state index in [-0.39, 0.29) is 21.8 Å². The van der Waals surface area contributed by atoms with E-state index in [0.717, 1.165) is 24.3 Å². The summed E-state index contributed by atoms with van der Waals surface area (Å²) >= 11 is 21.7. The van der Waals surface area contributed by atoms with Crippen molar-refractivity contribution in [2.45, 2.75) is 34.6 Å². The predicted molar refractivity (Wildman–Crippen MR) is 158 cm³/mol. The number of anilines is 3. The predicted octanol–water partition coefficient (Wildman–Crippen LogP) is 8.67. The summed E-state index contributed by atoms with van der Waals surface area (Å²) in [7, 11) is 0. The van der Waals surface area contributed by atoms with Crippen LogP contribution < -0.4 is 16.0 Å². The fourth-order valence-corrected chi connectivity index (χ4v) is 5.36. The van der Waals surface area contributed by atoms with Crippen LogP contribution in [0.5, 0.6) is 0 Å². The molecule has 2 atom stereocenters. The van der Waals surface area contributed by atoms with Crippen molar-refractivity contribution < 1.29 is 40.7 Å². The minimum atomic E-state index is -4.99. The van der Waals surface area contributed by atoms with E-state index in [1.54, 1.807) is 0 Å². The molecule has 0 aliphatic heterocycles. The van der Waals surface area contributed by atoms with Crippen molar-refractivity contribution in [2.75, 3.05) is 16.0 Å². The van der Waals surface area contributed by atoms with Crippen LogP contribution in [-0.4, -0.2) is 26.4 Å². The van der Waals surface area contributed by atoms with Crippen LogP contribution in [-0.2, 0) is 15.8 Å². The SMILES string of the molecule is CC(C)(Br)C(=O)Nc1c(F)ccc(NC(=O)c2cc(NC(=O)[C@H]3[C@H](c4ccc(F)c(C(F)(F)F)c4)C3(Cl)Cl)ccc2Cl)c1F. The lowest BCUT2D eigenvalue weighted by molar-refractivity contribution is -0.140. The van der Waals surface area contributed by atoms with E-state index in [0.29, 0.717) is 12.1 Å². The lowest BCUT2D eigenvalue weighted by atomic mass is 10.0. The van der Waals surface area contributed by atoms with E-state index in [4.69, 9.17) is 34.8 Å². The van der Waals surface area contributed by atoms with Gasteiger partial charge in [0.2, 0.25) is 11.8 Å². The van der Waals surface area contributed by atoms with Gasteiger partial charge in [-0.15, -0.1) is 23.2 Å². The summed E-state index contributed by atoms with van der Waals surface area (Å²) in [5.41, 5.74) is -3.24. The van der Waals surface area contributed by atoms with E-state index in [1.807, 2.05) is 0 Å². The van der Waals surface area contributed by atoms with Crippen molar-refractivity contribution >= 4 is 85.5 Å². The summed E-state index contributed by atoms with van der Waals surface area (Å²) in [6, 6.07) is 7.56. The minimum Gasteiger partial charge on any atom is -0.326 e. The molecule has 1 aliphatic carbocycles. The highest BCUT2D eigenvalue weighted by atomic mass is 79.9. The third-order valence-electron chi connectivity index (χ3n) is 6.59. The Morgan fingerprint density at radius 2 is 1.52 bits per heavy atom. The van der Waals surface area contributed by atoms with Crippen molar-refractivity contribution in [3.63, 3.8) is 0 Å². The number of carbonyl (C=O) groups excluding carboxylic acids is 3. The number of carbonyl (C=O) groups is 3. The van der Waals surface area contributed by atoms with Crippen molar-refractivity contribution in [2.24, 2.45) is 5.92 Å². The molecule has 1 aliphatic rings. The molecule has 44 heavy (non-hydrogen) atoms. The van der Waals surface area contributed by atoms with Gasteiger partial charge in [-0.25, -0.2) is 13.2 Å². The number of benzene rings is 3. The summed E-state index contributed by atoms with van der Waals surface area (Å²) < 4.78 is 79.7. The van der Waals surface area contributed by atoms with Gasteiger partial charge in [-0.1, -0.05) is 33.6 Å². The molecule has 1 fully saturated rings. The van der Waals surface area contributed by atoms with Gasteiger partial charge in [0, 0.05) is 11.6 Å². The molecule has 0 spiro atoms. The van der Waals surface area contributed by atoms with Gasteiger partial charge in [0.1, 0.15) is 21.7 Å². The summed E-state index contributed by atoms with van der Waals surface area (Å²) in [4.78, 5) is 38.2. The third kappa shape index (κ3) is 6.95. The van der Waals surface area contributed by atoms with Crippen LogP contribution in [0.4, 0.5) is 43.4 Å². The maximum absolute atomic E-state index is 15.1. The first kappa shape index (κ1) is 33.9. The Bertz CT molecular complexity index is 1680. The standard InChI is InChI=1S/C28H19BrCl3F6N3O3/c1-26(2,29)25(44)41-22-17(34)7-8-18(21(22)35)40-23(42)13-10-12(4-5-15(13)30)39-24(43)20-19(27(20,31)32)11-3-6-16(33)14(9-11)28(36,37)38/h3-10,19-20H,1-2H3,(H,39,43)(H,40,42)(H,41,44)/t19-,20+/m0/s1. The Balaban J connectivity index is 1.53. The largest absolute Gasteiger partial charge is 0.419 e. The van der Waals surface area contributed by atoms with Gasteiger partial charge in [-0.05, 0) is 61.9 Å².